The van der Waals surface area contributed by atoms with Crippen LogP contribution in [0.4, 0.5) is 0 Å². The summed E-state index contributed by atoms with van der Waals surface area (Å²) in [6.07, 6.45) is 5.48. The number of aromatic nitrogens is 6. The Morgan fingerprint density at radius 1 is 1.17 bits per heavy atom. The van der Waals surface area contributed by atoms with Crippen LogP contribution in [0.1, 0.15) is 50.1 Å². The molecule has 4 rings (SSSR count). The Kier molecular flexibility index (Phi) is 7.43. The Hall–Kier alpha value is -2.96. The lowest BCUT2D eigenvalue weighted by atomic mass is 10.2. The number of sulfone groups is 1. The van der Waals surface area contributed by atoms with Crippen molar-refractivity contribution in [1.29, 1.82) is 0 Å². The number of ether oxygens (including phenoxy) is 3. The van der Waals surface area contributed by atoms with Crippen LogP contribution in [0.5, 0.6) is 5.75 Å². The van der Waals surface area contributed by atoms with E-state index >= 15 is 0 Å². The summed E-state index contributed by atoms with van der Waals surface area (Å²) in [6, 6.07) is 1.45. The zero-order valence-corrected chi connectivity index (χ0v) is 21.3. The highest BCUT2D eigenvalue weighted by Crippen LogP contribution is 2.35. The molecule has 0 aromatic carbocycles. The molecule has 0 saturated heterocycles. The molecule has 188 valence electrons. The van der Waals surface area contributed by atoms with E-state index in [-0.39, 0.29) is 24.5 Å². The van der Waals surface area contributed by atoms with Crippen LogP contribution in [-0.2, 0) is 25.1 Å². The number of pyridine rings is 1. The molecule has 3 aromatic rings. The van der Waals surface area contributed by atoms with Crippen LogP contribution in [-0.4, -0.2) is 69.8 Å². The quantitative estimate of drug-likeness (QED) is 0.430. The summed E-state index contributed by atoms with van der Waals surface area (Å²) in [5.41, 5.74) is 1.57. The summed E-state index contributed by atoms with van der Waals surface area (Å²) in [5.74, 6) is 1.36. The number of hydrogen-bond acceptors (Lipinski definition) is 10. The largest absolute Gasteiger partial charge is 0.489 e. The van der Waals surface area contributed by atoms with Gasteiger partial charge < -0.3 is 18.8 Å². The molecular weight excluding hydrogens is 472 g/mol. The van der Waals surface area contributed by atoms with Gasteiger partial charge in [-0.25, -0.2) is 18.4 Å². The molecular formula is C23H30N6O5S. The first-order valence-corrected chi connectivity index (χ1v) is 13.1. The highest BCUT2D eigenvalue weighted by Gasteiger charge is 2.37. The predicted octanol–water partition coefficient (Wildman–Crippen LogP) is 2.49. The maximum atomic E-state index is 13.7. The van der Waals surface area contributed by atoms with Crippen molar-refractivity contribution in [3.05, 3.63) is 48.1 Å². The molecule has 0 fully saturated rings. The number of fused-ring (bicyclic) bond motifs is 3. The summed E-state index contributed by atoms with van der Waals surface area (Å²) in [6.45, 7) is 7.73. The van der Waals surface area contributed by atoms with E-state index in [1.807, 2.05) is 20.8 Å². The fourth-order valence-electron chi connectivity index (χ4n) is 3.97. The first-order chi connectivity index (χ1) is 16.7. The Bertz CT molecular complexity index is 1260. The van der Waals surface area contributed by atoms with Gasteiger partial charge in [0.15, 0.2) is 21.5 Å². The minimum absolute atomic E-state index is 0.222. The molecule has 0 aliphatic carbocycles. The van der Waals surface area contributed by atoms with E-state index in [1.165, 1.54) is 0 Å². The summed E-state index contributed by atoms with van der Waals surface area (Å²) in [4.78, 5) is 12.8. The molecule has 0 N–H and O–H groups in total. The second-order valence-corrected chi connectivity index (χ2v) is 11.2. The van der Waals surface area contributed by atoms with Crippen LogP contribution in [0.15, 0.2) is 30.9 Å². The van der Waals surface area contributed by atoms with E-state index in [1.54, 1.807) is 49.5 Å². The van der Waals surface area contributed by atoms with E-state index < -0.39 is 21.2 Å². The normalized spacial score (nSPS) is 17.3. The molecule has 35 heavy (non-hydrogen) atoms. The number of methoxy groups -OCH3 is 1. The van der Waals surface area contributed by atoms with Gasteiger partial charge in [-0.15, -0.1) is 10.2 Å². The lowest BCUT2D eigenvalue weighted by Gasteiger charge is -2.25. The van der Waals surface area contributed by atoms with E-state index in [2.05, 4.69) is 25.1 Å². The first-order valence-electron chi connectivity index (χ1n) is 11.4. The average Bonchev–Trinajstić information content (AvgIpc) is 3.15. The van der Waals surface area contributed by atoms with Gasteiger partial charge in [0.2, 0.25) is 0 Å². The summed E-state index contributed by atoms with van der Waals surface area (Å²) < 4.78 is 46.4. The predicted molar refractivity (Wildman–Crippen MR) is 127 cm³/mol. The minimum Gasteiger partial charge on any atom is -0.489 e. The summed E-state index contributed by atoms with van der Waals surface area (Å²) in [7, 11) is -2.19. The molecule has 3 atom stereocenters. The van der Waals surface area contributed by atoms with E-state index in [0.29, 0.717) is 35.4 Å². The number of nitrogens with zero attached hydrogens (tertiary/aromatic N) is 6. The molecule has 12 heteroatoms. The Labute approximate surface area is 204 Å². The molecule has 0 spiro atoms. The first kappa shape index (κ1) is 25.1. The lowest BCUT2D eigenvalue weighted by molar-refractivity contribution is 0.00140. The number of aryl methyl sites for hydroxylation is 1. The Morgan fingerprint density at radius 3 is 2.60 bits per heavy atom. The van der Waals surface area contributed by atoms with Crippen molar-refractivity contribution in [3.63, 3.8) is 0 Å². The minimum atomic E-state index is -3.77. The van der Waals surface area contributed by atoms with Gasteiger partial charge in [0, 0.05) is 25.7 Å². The molecule has 1 aliphatic rings. The van der Waals surface area contributed by atoms with Gasteiger partial charge in [-0.05, 0) is 39.3 Å². The second kappa shape index (κ2) is 10.3. The monoisotopic (exact) mass is 502 g/mol. The van der Waals surface area contributed by atoms with Crippen molar-refractivity contribution < 1.29 is 22.6 Å². The molecule has 0 saturated carbocycles. The van der Waals surface area contributed by atoms with E-state index in [9.17, 15) is 8.42 Å². The fourth-order valence-corrected chi connectivity index (χ4v) is 5.35. The van der Waals surface area contributed by atoms with Gasteiger partial charge in [0.25, 0.3) is 0 Å². The van der Waals surface area contributed by atoms with Crippen LogP contribution in [0.3, 0.4) is 0 Å². The average molecular weight is 503 g/mol. The third kappa shape index (κ3) is 5.34. The maximum absolute atomic E-state index is 13.7. The maximum Gasteiger partial charge on any atom is 0.168 e. The van der Waals surface area contributed by atoms with Crippen LogP contribution < -0.4 is 4.74 Å². The zero-order chi connectivity index (χ0) is 25.2. The Balaban J connectivity index is 1.70. The highest BCUT2D eigenvalue weighted by atomic mass is 32.2. The zero-order valence-electron chi connectivity index (χ0n) is 20.5. The lowest BCUT2D eigenvalue weighted by Crippen LogP contribution is -2.32. The molecule has 0 radical (unpaired) electrons. The van der Waals surface area contributed by atoms with Gasteiger partial charge >= 0.3 is 0 Å². The summed E-state index contributed by atoms with van der Waals surface area (Å²) >= 11 is 0. The van der Waals surface area contributed by atoms with Gasteiger partial charge in [-0.2, -0.15) is 0 Å². The highest BCUT2D eigenvalue weighted by molar-refractivity contribution is 7.91. The third-order valence-electron chi connectivity index (χ3n) is 5.74. The SMILES string of the molecule is COC[C@@H]1COc2cnccc2-c2nnc(CS(=O)(=O)[C@@H](C)[C@@H](OC(C)C)c3ncc(C)cn3)n21. The Morgan fingerprint density at radius 2 is 1.91 bits per heavy atom. The van der Waals surface area contributed by atoms with Crippen LogP contribution in [0, 0.1) is 6.92 Å². The van der Waals surface area contributed by atoms with Gasteiger partial charge in [0.05, 0.1) is 35.8 Å². The molecule has 11 nitrogen and oxygen atoms in total. The van der Waals surface area contributed by atoms with Crippen LogP contribution in [0.25, 0.3) is 11.4 Å². The molecule has 4 heterocycles. The van der Waals surface area contributed by atoms with Crippen molar-refractivity contribution in [2.75, 3.05) is 20.3 Å². The molecule has 1 aliphatic heterocycles. The third-order valence-corrected chi connectivity index (χ3v) is 7.79. The van der Waals surface area contributed by atoms with Gasteiger partial charge in [-0.3, -0.25) is 4.98 Å². The standard InChI is InChI=1S/C23H30N6O5S/c1-14(2)34-21(22-25-8-15(3)9-26-22)16(4)35(30,31)13-20-27-28-23-18-6-7-24-10-19(18)33-12-17(11-32-5)29(20)23/h6-10,14,16-17,21H,11-13H2,1-5H3/t16-,17+,21+/m0/s1. The van der Waals surface area contributed by atoms with Crippen molar-refractivity contribution >= 4 is 9.84 Å². The van der Waals surface area contributed by atoms with E-state index in [0.717, 1.165) is 5.56 Å². The topological polar surface area (TPSA) is 131 Å². The second-order valence-electron chi connectivity index (χ2n) is 8.84. The summed E-state index contributed by atoms with van der Waals surface area (Å²) in [5, 5.41) is 7.67. The van der Waals surface area contributed by atoms with Crippen molar-refractivity contribution in [3.8, 4) is 17.1 Å². The van der Waals surface area contributed by atoms with Crippen molar-refractivity contribution in [2.45, 2.75) is 56.9 Å². The molecule has 0 bridgehead atoms. The van der Waals surface area contributed by atoms with Crippen molar-refractivity contribution in [2.24, 2.45) is 0 Å². The smallest absolute Gasteiger partial charge is 0.168 e. The number of rotatable bonds is 9. The van der Waals surface area contributed by atoms with Crippen molar-refractivity contribution in [1.82, 2.24) is 29.7 Å². The van der Waals surface area contributed by atoms with Crippen LogP contribution >= 0.6 is 0 Å². The van der Waals surface area contributed by atoms with E-state index in [4.69, 9.17) is 14.2 Å². The molecule has 0 unspecified atom stereocenters. The number of hydrogen-bond donors (Lipinski definition) is 0. The van der Waals surface area contributed by atoms with Crippen LogP contribution in [0.2, 0.25) is 0 Å². The van der Waals surface area contributed by atoms with Gasteiger partial charge in [-0.1, -0.05) is 0 Å². The molecule has 0 amide bonds. The van der Waals surface area contributed by atoms with Gasteiger partial charge in [0.1, 0.15) is 30.0 Å². The molecule has 3 aromatic heterocycles. The fraction of sp³-hybridized carbons (Fsp3) is 0.522.